The van der Waals surface area contributed by atoms with Crippen molar-refractivity contribution in [1.82, 2.24) is 4.90 Å². The van der Waals surface area contributed by atoms with Crippen molar-refractivity contribution in [3.05, 3.63) is 29.8 Å². The van der Waals surface area contributed by atoms with Crippen LogP contribution in [0.3, 0.4) is 0 Å². The Morgan fingerprint density at radius 3 is 2.59 bits per heavy atom. The number of nitrogens with zero attached hydrogens (tertiary/aromatic N) is 1. The number of benzene rings is 1. The number of hydrogen-bond donors (Lipinski definition) is 0. The Kier molecular flexibility index (Phi) is 8.51. The van der Waals surface area contributed by atoms with Gasteiger partial charge in [-0.15, -0.1) is 0 Å². The minimum atomic E-state index is -0.632. The maximum absolute atomic E-state index is 12.3. The predicted molar refractivity (Wildman–Crippen MR) is 105 cm³/mol. The second-order valence-corrected chi connectivity index (χ2v) is 6.49. The minimum absolute atomic E-state index is 0.288. The number of methoxy groups -OCH3 is 2. The molecule has 1 saturated heterocycles. The van der Waals surface area contributed by atoms with Crippen LogP contribution in [-0.4, -0.2) is 63.3 Å². The first-order valence-corrected chi connectivity index (χ1v) is 9.49. The summed E-state index contributed by atoms with van der Waals surface area (Å²) in [5.41, 5.74) is 0.722. The Morgan fingerprint density at radius 1 is 1.14 bits per heavy atom. The molecule has 2 rings (SSSR count). The van der Waals surface area contributed by atoms with Crippen LogP contribution in [0.5, 0.6) is 11.5 Å². The summed E-state index contributed by atoms with van der Waals surface area (Å²) in [6.07, 6.45) is 4.21. The number of hydrogen-bond acceptors (Lipinski definition) is 7. The van der Waals surface area contributed by atoms with Crippen LogP contribution in [0.25, 0.3) is 6.08 Å². The quantitative estimate of drug-likeness (QED) is 0.483. The van der Waals surface area contributed by atoms with Gasteiger partial charge in [0.25, 0.3) is 5.91 Å². The van der Waals surface area contributed by atoms with Gasteiger partial charge in [0, 0.05) is 19.2 Å². The molecule has 1 aliphatic rings. The number of carbonyl (C=O) groups excluding carboxylic acids is 3. The van der Waals surface area contributed by atoms with Crippen LogP contribution < -0.4 is 9.47 Å². The molecule has 8 heteroatoms. The van der Waals surface area contributed by atoms with Gasteiger partial charge in [-0.25, -0.2) is 4.79 Å². The molecule has 0 bridgehead atoms. The molecule has 1 atom stereocenters. The summed E-state index contributed by atoms with van der Waals surface area (Å²) in [5.74, 6) is -0.452. The SMILES string of the molecule is CCOC(=O)C1CCCN(C(=O)COC(=O)/C=C/c2ccc(OC)c(OC)c2)C1. The van der Waals surface area contributed by atoms with Crippen LogP contribution in [0.2, 0.25) is 0 Å². The number of piperidine rings is 1. The highest BCUT2D eigenvalue weighted by molar-refractivity contribution is 5.89. The van der Waals surface area contributed by atoms with Crippen LogP contribution in [0, 0.1) is 5.92 Å². The smallest absolute Gasteiger partial charge is 0.331 e. The van der Waals surface area contributed by atoms with Gasteiger partial charge in [0.15, 0.2) is 18.1 Å². The molecule has 1 aromatic rings. The summed E-state index contributed by atoms with van der Waals surface area (Å²) in [6, 6.07) is 5.21. The molecule has 0 radical (unpaired) electrons. The second-order valence-electron chi connectivity index (χ2n) is 6.49. The molecule has 8 nitrogen and oxygen atoms in total. The van der Waals surface area contributed by atoms with Gasteiger partial charge in [0.2, 0.25) is 0 Å². The normalized spacial score (nSPS) is 16.4. The van der Waals surface area contributed by atoms with Gasteiger partial charge in [-0.05, 0) is 43.5 Å². The van der Waals surface area contributed by atoms with Gasteiger partial charge < -0.3 is 23.8 Å². The standard InChI is InChI=1S/C21H27NO7/c1-4-28-21(25)16-6-5-11-22(13-16)19(23)14-29-20(24)10-8-15-7-9-17(26-2)18(12-15)27-3/h7-10,12,16H,4-6,11,13-14H2,1-3H3/b10-8+. The monoisotopic (exact) mass is 405 g/mol. The maximum atomic E-state index is 12.3. The number of ether oxygens (including phenoxy) is 4. The molecule has 0 spiro atoms. The molecule has 29 heavy (non-hydrogen) atoms. The first-order chi connectivity index (χ1) is 14.0. The zero-order chi connectivity index (χ0) is 21.2. The molecule has 0 aliphatic carbocycles. The number of carbonyl (C=O) groups is 3. The van der Waals surface area contributed by atoms with Gasteiger partial charge in [0.05, 0.1) is 26.7 Å². The van der Waals surface area contributed by atoms with E-state index in [0.717, 1.165) is 5.56 Å². The molecule has 0 N–H and O–H groups in total. The Hall–Kier alpha value is -3.03. The van der Waals surface area contributed by atoms with Crippen LogP contribution in [-0.2, 0) is 23.9 Å². The van der Waals surface area contributed by atoms with E-state index >= 15 is 0 Å². The Bertz CT molecular complexity index is 759. The van der Waals surface area contributed by atoms with Gasteiger partial charge in [0.1, 0.15) is 0 Å². The van der Waals surface area contributed by atoms with Gasteiger partial charge in [-0.2, -0.15) is 0 Å². The van der Waals surface area contributed by atoms with E-state index in [1.54, 1.807) is 38.3 Å². The third-order valence-electron chi connectivity index (χ3n) is 4.55. The maximum Gasteiger partial charge on any atom is 0.331 e. The predicted octanol–water partition coefficient (Wildman–Crippen LogP) is 2.06. The molecule has 1 aliphatic heterocycles. The molecule has 1 amide bonds. The summed E-state index contributed by atoms with van der Waals surface area (Å²) in [5, 5.41) is 0. The lowest BCUT2D eigenvalue weighted by molar-refractivity contribution is -0.154. The lowest BCUT2D eigenvalue weighted by Crippen LogP contribution is -2.44. The fourth-order valence-corrected chi connectivity index (χ4v) is 3.05. The van der Waals surface area contributed by atoms with Gasteiger partial charge in [-0.3, -0.25) is 9.59 Å². The molecular formula is C21H27NO7. The molecular weight excluding hydrogens is 378 g/mol. The van der Waals surface area contributed by atoms with Crippen molar-refractivity contribution in [2.75, 3.05) is 40.5 Å². The van der Waals surface area contributed by atoms with Crippen molar-refractivity contribution < 1.29 is 33.3 Å². The number of likely N-dealkylation sites (tertiary alicyclic amines) is 1. The van der Waals surface area contributed by atoms with Crippen LogP contribution in [0.15, 0.2) is 24.3 Å². The summed E-state index contributed by atoms with van der Waals surface area (Å²) in [7, 11) is 3.07. The molecule has 1 aromatic carbocycles. The Balaban J connectivity index is 1.84. The molecule has 1 heterocycles. The van der Waals surface area contributed by atoms with E-state index in [4.69, 9.17) is 18.9 Å². The highest BCUT2D eigenvalue weighted by Gasteiger charge is 2.29. The largest absolute Gasteiger partial charge is 0.493 e. The summed E-state index contributed by atoms with van der Waals surface area (Å²) >= 11 is 0. The third-order valence-corrected chi connectivity index (χ3v) is 4.55. The lowest BCUT2D eigenvalue weighted by Gasteiger charge is -2.31. The van der Waals surface area contributed by atoms with E-state index in [0.29, 0.717) is 37.5 Å². The highest BCUT2D eigenvalue weighted by Crippen LogP contribution is 2.28. The van der Waals surface area contributed by atoms with Crippen molar-refractivity contribution in [2.45, 2.75) is 19.8 Å². The first kappa shape index (κ1) is 22.3. The first-order valence-electron chi connectivity index (χ1n) is 9.49. The third kappa shape index (κ3) is 6.51. The average molecular weight is 405 g/mol. The van der Waals surface area contributed by atoms with E-state index in [-0.39, 0.29) is 30.9 Å². The molecule has 0 aromatic heterocycles. The highest BCUT2D eigenvalue weighted by atomic mass is 16.5. The summed E-state index contributed by atoms with van der Waals surface area (Å²) in [6.45, 7) is 2.51. The molecule has 1 unspecified atom stereocenters. The van der Waals surface area contributed by atoms with Crippen molar-refractivity contribution in [2.24, 2.45) is 5.92 Å². The average Bonchev–Trinajstić information content (AvgIpc) is 2.75. The Labute approximate surface area is 170 Å². The fourth-order valence-electron chi connectivity index (χ4n) is 3.05. The molecule has 158 valence electrons. The zero-order valence-electron chi connectivity index (χ0n) is 17.0. The van der Waals surface area contributed by atoms with Crippen molar-refractivity contribution in [1.29, 1.82) is 0 Å². The zero-order valence-corrected chi connectivity index (χ0v) is 17.0. The van der Waals surface area contributed by atoms with Crippen molar-refractivity contribution in [3.8, 4) is 11.5 Å². The van der Waals surface area contributed by atoms with E-state index in [1.807, 2.05) is 0 Å². The minimum Gasteiger partial charge on any atom is -0.493 e. The Morgan fingerprint density at radius 2 is 1.90 bits per heavy atom. The van der Waals surface area contributed by atoms with Crippen LogP contribution in [0.4, 0.5) is 0 Å². The second kappa shape index (κ2) is 11.1. The van der Waals surface area contributed by atoms with Crippen LogP contribution in [0.1, 0.15) is 25.3 Å². The number of amides is 1. The van der Waals surface area contributed by atoms with Gasteiger partial charge >= 0.3 is 11.9 Å². The van der Waals surface area contributed by atoms with E-state index in [1.165, 1.54) is 18.1 Å². The topological polar surface area (TPSA) is 91.4 Å². The summed E-state index contributed by atoms with van der Waals surface area (Å²) < 4.78 is 20.4. The lowest BCUT2D eigenvalue weighted by atomic mass is 9.98. The van der Waals surface area contributed by atoms with Crippen molar-refractivity contribution in [3.63, 3.8) is 0 Å². The molecule has 1 fully saturated rings. The van der Waals surface area contributed by atoms with Crippen LogP contribution >= 0.6 is 0 Å². The molecule has 0 saturated carbocycles. The number of rotatable bonds is 8. The fraction of sp³-hybridized carbons (Fsp3) is 0.476. The van der Waals surface area contributed by atoms with Gasteiger partial charge in [-0.1, -0.05) is 6.07 Å². The van der Waals surface area contributed by atoms with E-state index in [2.05, 4.69) is 0 Å². The van der Waals surface area contributed by atoms with Crippen molar-refractivity contribution >= 4 is 23.9 Å². The van der Waals surface area contributed by atoms with E-state index < -0.39 is 5.97 Å². The summed E-state index contributed by atoms with van der Waals surface area (Å²) in [4.78, 5) is 37.6. The number of esters is 2. The van der Waals surface area contributed by atoms with E-state index in [9.17, 15) is 14.4 Å².